The van der Waals surface area contributed by atoms with Crippen LogP contribution in [0.5, 0.6) is 0 Å². The van der Waals surface area contributed by atoms with Crippen molar-refractivity contribution in [3.8, 4) is 6.07 Å². The smallest absolute Gasteiger partial charge is 0.237 e. The van der Waals surface area contributed by atoms with Gasteiger partial charge in [0, 0.05) is 12.2 Å². The molecule has 0 radical (unpaired) electrons. The number of aromatic nitrogens is 1. The van der Waals surface area contributed by atoms with Crippen LogP contribution in [0.15, 0.2) is 12.3 Å². The molecule has 1 heterocycles. The van der Waals surface area contributed by atoms with Gasteiger partial charge in [0.1, 0.15) is 11.9 Å². The number of hydrogen-bond donors (Lipinski definition) is 1. The van der Waals surface area contributed by atoms with E-state index in [1.807, 2.05) is 20.8 Å². The molecule has 17 heavy (non-hydrogen) atoms. The molecule has 0 fully saturated rings. The van der Waals surface area contributed by atoms with Gasteiger partial charge in [-0.2, -0.15) is 5.26 Å². The van der Waals surface area contributed by atoms with Gasteiger partial charge >= 0.3 is 0 Å². The molecule has 0 aliphatic carbocycles. The number of nitriles is 1. The molecule has 1 rings (SSSR count). The second kappa shape index (κ2) is 5.30. The van der Waals surface area contributed by atoms with Crippen molar-refractivity contribution in [1.82, 2.24) is 4.98 Å². The number of pyridine rings is 1. The quantitative estimate of drug-likeness (QED) is 0.838. The minimum absolute atomic E-state index is 0.0453. The Morgan fingerprint density at radius 1 is 1.65 bits per heavy atom. The predicted molar refractivity (Wildman–Crippen MR) is 65.4 cm³/mol. The van der Waals surface area contributed by atoms with E-state index < -0.39 is 5.91 Å². The van der Waals surface area contributed by atoms with Crippen LogP contribution in [0, 0.1) is 18.3 Å². The number of nitrogens with zero attached hydrogens (tertiary/aromatic N) is 3. The first-order chi connectivity index (χ1) is 7.97. The molecule has 1 aromatic heterocycles. The van der Waals surface area contributed by atoms with E-state index in [-0.39, 0.29) is 12.6 Å². The molecule has 0 saturated carbocycles. The molecule has 5 nitrogen and oxygen atoms in total. The topological polar surface area (TPSA) is 83.0 Å². The highest BCUT2D eigenvalue weighted by atomic mass is 16.1. The monoisotopic (exact) mass is 232 g/mol. The fraction of sp³-hybridized carbons (Fsp3) is 0.417. The van der Waals surface area contributed by atoms with Gasteiger partial charge in [-0.3, -0.25) is 4.79 Å². The number of hydrogen-bond acceptors (Lipinski definition) is 4. The summed E-state index contributed by atoms with van der Waals surface area (Å²) in [4.78, 5) is 17.0. The van der Waals surface area contributed by atoms with Crippen molar-refractivity contribution in [2.45, 2.75) is 26.8 Å². The molecule has 0 spiro atoms. The zero-order chi connectivity index (χ0) is 13.0. The van der Waals surface area contributed by atoms with Crippen LogP contribution in [-0.4, -0.2) is 23.5 Å². The SMILES string of the molecule is Cc1ccnc(N(CC(N)=O)C(C)C)c1C#N. The number of anilines is 1. The van der Waals surface area contributed by atoms with Gasteiger partial charge in [0.15, 0.2) is 0 Å². The molecular formula is C12H16N4O. The number of aryl methyl sites for hydroxylation is 1. The fourth-order valence-corrected chi connectivity index (χ4v) is 1.57. The third-order valence-corrected chi connectivity index (χ3v) is 2.47. The molecule has 0 unspecified atom stereocenters. The van der Waals surface area contributed by atoms with Crippen molar-refractivity contribution in [3.63, 3.8) is 0 Å². The second-order valence-electron chi connectivity index (χ2n) is 4.13. The molecule has 0 aliphatic heterocycles. The lowest BCUT2D eigenvalue weighted by molar-refractivity contribution is -0.116. The van der Waals surface area contributed by atoms with E-state index >= 15 is 0 Å². The predicted octanol–water partition coefficient (Wildman–Crippen LogP) is 0.962. The van der Waals surface area contributed by atoms with Crippen molar-refractivity contribution in [2.75, 3.05) is 11.4 Å². The summed E-state index contributed by atoms with van der Waals surface area (Å²) in [6.07, 6.45) is 1.63. The Kier molecular flexibility index (Phi) is 4.05. The Morgan fingerprint density at radius 3 is 2.76 bits per heavy atom. The van der Waals surface area contributed by atoms with E-state index in [2.05, 4.69) is 11.1 Å². The number of carbonyl (C=O) groups is 1. The Labute approximate surface area is 101 Å². The number of nitrogens with two attached hydrogens (primary N) is 1. The van der Waals surface area contributed by atoms with Gasteiger partial charge < -0.3 is 10.6 Å². The maximum absolute atomic E-state index is 11.0. The highest BCUT2D eigenvalue weighted by Gasteiger charge is 2.18. The zero-order valence-electron chi connectivity index (χ0n) is 10.3. The molecule has 2 N–H and O–H groups in total. The van der Waals surface area contributed by atoms with Crippen LogP contribution < -0.4 is 10.6 Å². The third-order valence-electron chi connectivity index (χ3n) is 2.47. The van der Waals surface area contributed by atoms with E-state index in [1.165, 1.54) is 0 Å². The van der Waals surface area contributed by atoms with Crippen LogP contribution in [0.2, 0.25) is 0 Å². The van der Waals surface area contributed by atoms with Crippen molar-refractivity contribution in [3.05, 3.63) is 23.4 Å². The van der Waals surface area contributed by atoms with Crippen molar-refractivity contribution in [2.24, 2.45) is 5.73 Å². The summed E-state index contributed by atoms with van der Waals surface area (Å²) >= 11 is 0. The highest BCUT2D eigenvalue weighted by Crippen LogP contribution is 2.21. The summed E-state index contributed by atoms with van der Waals surface area (Å²) in [7, 11) is 0. The molecule has 90 valence electrons. The minimum atomic E-state index is -0.439. The maximum atomic E-state index is 11.0. The number of carbonyl (C=O) groups excluding carboxylic acids is 1. The third kappa shape index (κ3) is 2.94. The van der Waals surface area contributed by atoms with Crippen LogP contribution >= 0.6 is 0 Å². The second-order valence-corrected chi connectivity index (χ2v) is 4.13. The van der Waals surface area contributed by atoms with Crippen molar-refractivity contribution in [1.29, 1.82) is 5.26 Å². The van der Waals surface area contributed by atoms with Gasteiger partial charge in [-0.25, -0.2) is 4.98 Å². The van der Waals surface area contributed by atoms with E-state index in [4.69, 9.17) is 11.0 Å². The van der Waals surface area contributed by atoms with Crippen LogP contribution in [0.3, 0.4) is 0 Å². The Morgan fingerprint density at radius 2 is 2.29 bits per heavy atom. The standard InChI is InChI=1S/C12H16N4O/c1-8(2)16(7-11(14)17)12-10(6-13)9(3)4-5-15-12/h4-5,8H,7H2,1-3H3,(H2,14,17). The van der Waals surface area contributed by atoms with Gasteiger partial charge in [-0.05, 0) is 32.4 Å². The molecule has 0 atom stereocenters. The summed E-state index contributed by atoms with van der Waals surface area (Å²) in [5.74, 6) is 0.0761. The fourth-order valence-electron chi connectivity index (χ4n) is 1.57. The molecule has 0 aliphatic rings. The first-order valence-corrected chi connectivity index (χ1v) is 5.38. The van der Waals surface area contributed by atoms with Crippen LogP contribution in [0.4, 0.5) is 5.82 Å². The molecule has 0 bridgehead atoms. The molecule has 1 aromatic rings. The number of primary amides is 1. The van der Waals surface area contributed by atoms with Crippen LogP contribution in [0.1, 0.15) is 25.0 Å². The normalized spacial score (nSPS) is 10.1. The first-order valence-electron chi connectivity index (χ1n) is 5.38. The van der Waals surface area contributed by atoms with Gasteiger partial charge in [0.05, 0.1) is 12.1 Å². The lowest BCUT2D eigenvalue weighted by atomic mass is 10.1. The average Bonchev–Trinajstić information content (AvgIpc) is 2.25. The average molecular weight is 232 g/mol. The van der Waals surface area contributed by atoms with Crippen molar-refractivity contribution < 1.29 is 4.79 Å². The molecule has 0 saturated heterocycles. The summed E-state index contributed by atoms with van der Waals surface area (Å²) in [6, 6.07) is 3.93. The van der Waals surface area contributed by atoms with E-state index in [9.17, 15) is 4.79 Å². The molecular weight excluding hydrogens is 216 g/mol. The van der Waals surface area contributed by atoms with Crippen molar-refractivity contribution >= 4 is 11.7 Å². The molecule has 0 aromatic carbocycles. The summed E-state index contributed by atoms with van der Waals surface area (Å²) in [5.41, 5.74) is 6.54. The zero-order valence-corrected chi connectivity index (χ0v) is 10.3. The summed E-state index contributed by atoms with van der Waals surface area (Å²) in [5, 5.41) is 9.13. The van der Waals surface area contributed by atoms with E-state index in [1.54, 1.807) is 17.2 Å². The number of amides is 1. The van der Waals surface area contributed by atoms with Gasteiger partial charge in [0.25, 0.3) is 0 Å². The minimum Gasteiger partial charge on any atom is -0.368 e. The number of rotatable bonds is 4. The maximum Gasteiger partial charge on any atom is 0.237 e. The lowest BCUT2D eigenvalue weighted by Gasteiger charge is -2.27. The molecule has 1 amide bonds. The van der Waals surface area contributed by atoms with Crippen LogP contribution in [0.25, 0.3) is 0 Å². The van der Waals surface area contributed by atoms with Crippen LogP contribution in [-0.2, 0) is 4.79 Å². The summed E-state index contributed by atoms with van der Waals surface area (Å²) < 4.78 is 0. The molecule has 5 heteroatoms. The largest absolute Gasteiger partial charge is 0.368 e. The lowest BCUT2D eigenvalue weighted by Crippen LogP contribution is -2.39. The van der Waals surface area contributed by atoms with Gasteiger partial charge in [0.2, 0.25) is 5.91 Å². The Hall–Kier alpha value is -2.09. The first kappa shape index (κ1) is 13.0. The summed E-state index contributed by atoms with van der Waals surface area (Å²) in [6.45, 7) is 5.75. The Bertz CT molecular complexity index is 462. The Balaban J connectivity index is 3.24. The van der Waals surface area contributed by atoms with E-state index in [0.29, 0.717) is 11.4 Å². The van der Waals surface area contributed by atoms with E-state index in [0.717, 1.165) is 5.56 Å². The van der Waals surface area contributed by atoms with Gasteiger partial charge in [-0.15, -0.1) is 0 Å². The highest BCUT2D eigenvalue weighted by molar-refractivity contribution is 5.80. The van der Waals surface area contributed by atoms with Gasteiger partial charge in [-0.1, -0.05) is 0 Å².